The van der Waals surface area contributed by atoms with Gasteiger partial charge in [0, 0.05) is 17.3 Å². The molecular formula is C23H24ClF2NO6S. The maximum atomic E-state index is 13.4. The molecule has 2 bridgehead atoms. The zero-order chi connectivity index (χ0) is 25.0. The monoisotopic (exact) mass is 515 g/mol. The molecule has 3 aliphatic rings. The highest BCUT2D eigenvalue weighted by Crippen LogP contribution is 2.57. The van der Waals surface area contributed by atoms with Gasteiger partial charge in [-0.05, 0) is 68.4 Å². The molecule has 5 rings (SSSR count). The van der Waals surface area contributed by atoms with Crippen LogP contribution in [0.1, 0.15) is 36.5 Å². The van der Waals surface area contributed by atoms with Gasteiger partial charge in [0.2, 0.25) is 0 Å². The molecule has 1 amide bonds. The van der Waals surface area contributed by atoms with Crippen LogP contribution in [0.25, 0.3) is 0 Å². The molecule has 2 unspecified atom stereocenters. The van der Waals surface area contributed by atoms with Gasteiger partial charge in [0.15, 0.2) is 21.5 Å². The van der Waals surface area contributed by atoms with E-state index in [9.17, 15) is 37.3 Å². The molecule has 3 aliphatic carbocycles. The van der Waals surface area contributed by atoms with E-state index in [0.29, 0.717) is 6.42 Å². The van der Waals surface area contributed by atoms with Crippen LogP contribution in [-0.2, 0) is 9.84 Å². The number of fused-ring (bicyclic) bond motifs is 2. The Morgan fingerprint density at radius 1 is 1.09 bits per heavy atom. The molecule has 0 spiro atoms. The van der Waals surface area contributed by atoms with Crippen molar-refractivity contribution in [3.05, 3.63) is 58.6 Å². The number of halogens is 3. The summed E-state index contributed by atoms with van der Waals surface area (Å²) in [6.07, 6.45) is -1.87. The number of carbonyl (C=O) groups is 1. The largest absolute Gasteiger partial charge is 0.391 e. The molecule has 0 aromatic heterocycles. The third-order valence-electron chi connectivity index (χ3n) is 7.02. The van der Waals surface area contributed by atoms with Crippen LogP contribution >= 0.6 is 11.6 Å². The van der Waals surface area contributed by atoms with E-state index in [2.05, 4.69) is 5.32 Å². The quantitative estimate of drug-likeness (QED) is 0.469. The van der Waals surface area contributed by atoms with Crippen LogP contribution in [0.5, 0.6) is 0 Å². The number of benzene rings is 2. The molecule has 4 atom stereocenters. The Labute approximate surface area is 200 Å². The van der Waals surface area contributed by atoms with Gasteiger partial charge < -0.3 is 20.6 Å². The maximum Gasteiger partial charge on any atom is 0.255 e. The second-order valence-corrected chi connectivity index (χ2v) is 11.7. The van der Waals surface area contributed by atoms with Gasteiger partial charge >= 0.3 is 0 Å². The first-order valence-corrected chi connectivity index (χ1v) is 12.7. The molecule has 0 radical (unpaired) electrons. The summed E-state index contributed by atoms with van der Waals surface area (Å²) in [7, 11) is -4.01. The number of amides is 1. The van der Waals surface area contributed by atoms with Crippen LogP contribution in [0.3, 0.4) is 0 Å². The van der Waals surface area contributed by atoms with Gasteiger partial charge in [0.25, 0.3) is 5.91 Å². The molecular weight excluding hydrogens is 492 g/mol. The molecule has 184 valence electrons. The summed E-state index contributed by atoms with van der Waals surface area (Å²) in [5, 5.41) is 32.3. The first-order chi connectivity index (χ1) is 15.9. The SMILES string of the molecule is C[C@H](O)[C@@H](O)[C@]1(O)C2CC1C[C@@H](S(=O)(=O)c1cc(C(=O)Nc3ccc(F)c(F)c3)ccc1Cl)C2. The fourth-order valence-corrected chi connectivity index (χ4v) is 7.54. The molecule has 0 heterocycles. The van der Waals surface area contributed by atoms with E-state index in [1.165, 1.54) is 25.1 Å². The summed E-state index contributed by atoms with van der Waals surface area (Å²) < 4.78 is 53.3. The number of aliphatic hydroxyl groups is 3. The van der Waals surface area contributed by atoms with Gasteiger partial charge in [-0.1, -0.05) is 11.6 Å². The third kappa shape index (κ3) is 4.11. The molecule has 34 heavy (non-hydrogen) atoms. The number of anilines is 1. The number of nitrogens with one attached hydrogen (secondary N) is 1. The Balaban J connectivity index is 1.56. The number of hydrogen-bond donors (Lipinski definition) is 4. The molecule has 3 saturated carbocycles. The Kier molecular flexibility index (Phi) is 6.50. The molecule has 11 heteroatoms. The predicted molar refractivity (Wildman–Crippen MR) is 120 cm³/mol. The smallest absolute Gasteiger partial charge is 0.255 e. The van der Waals surface area contributed by atoms with E-state index in [0.717, 1.165) is 18.2 Å². The lowest BCUT2D eigenvalue weighted by molar-refractivity contribution is -0.249. The zero-order valence-electron chi connectivity index (χ0n) is 18.1. The normalized spacial score (nSPS) is 28.0. The minimum Gasteiger partial charge on any atom is -0.391 e. The Bertz CT molecular complexity index is 1230. The first kappa shape index (κ1) is 25.0. The van der Waals surface area contributed by atoms with Crippen LogP contribution in [0.4, 0.5) is 14.5 Å². The van der Waals surface area contributed by atoms with Crippen molar-refractivity contribution in [2.45, 2.75) is 54.1 Å². The van der Waals surface area contributed by atoms with Crippen molar-refractivity contribution in [2.75, 3.05) is 5.32 Å². The van der Waals surface area contributed by atoms with Gasteiger partial charge in [0.05, 0.1) is 26.9 Å². The molecule has 0 saturated heterocycles. The predicted octanol–water partition coefficient (Wildman–Crippen LogP) is 2.92. The number of carbonyl (C=O) groups excluding carboxylic acids is 1. The molecule has 0 aliphatic heterocycles. The lowest BCUT2D eigenvalue weighted by Crippen LogP contribution is -2.69. The fraction of sp³-hybridized carbons (Fsp3) is 0.435. The second-order valence-electron chi connectivity index (χ2n) is 9.07. The van der Waals surface area contributed by atoms with E-state index in [4.69, 9.17) is 11.6 Å². The number of aliphatic hydroxyl groups excluding tert-OH is 2. The van der Waals surface area contributed by atoms with Crippen molar-refractivity contribution in [3.8, 4) is 0 Å². The average molecular weight is 516 g/mol. The highest BCUT2D eigenvalue weighted by atomic mass is 35.5. The van der Waals surface area contributed by atoms with E-state index in [-0.39, 0.29) is 34.0 Å². The van der Waals surface area contributed by atoms with Crippen molar-refractivity contribution < 1.29 is 37.3 Å². The Morgan fingerprint density at radius 2 is 1.74 bits per heavy atom. The van der Waals surface area contributed by atoms with E-state index in [1.54, 1.807) is 0 Å². The summed E-state index contributed by atoms with van der Waals surface area (Å²) in [6.45, 7) is 1.36. The van der Waals surface area contributed by atoms with Gasteiger partial charge in [0.1, 0.15) is 6.10 Å². The number of hydrogen-bond acceptors (Lipinski definition) is 6. The average Bonchev–Trinajstić information content (AvgIpc) is 2.80. The Hall–Kier alpha value is -2.11. The van der Waals surface area contributed by atoms with Crippen molar-refractivity contribution in [2.24, 2.45) is 11.8 Å². The van der Waals surface area contributed by atoms with Crippen LogP contribution in [-0.4, -0.2) is 52.7 Å². The molecule has 3 fully saturated rings. The van der Waals surface area contributed by atoms with Crippen LogP contribution in [0.2, 0.25) is 5.02 Å². The first-order valence-electron chi connectivity index (χ1n) is 10.7. The summed E-state index contributed by atoms with van der Waals surface area (Å²) in [6, 6.07) is 6.54. The van der Waals surface area contributed by atoms with Crippen molar-refractivity contribution >= 4 is 33.0 Å². The van der Waals surface area contributed by atoms with Crippen molar-refractivity contribution in [1.82, 2.24) is 0 Å². The van der Waals surface area contributed by atoms with Crippen LogP contribution in [0, 0.1) is 23.5 Å². The van der Waals surface area contributed by atoms with Crippen molar-refractivity contribution in [3.63, 3.8) is 0 Å². The molecule has 2 aromatic carbocycles. The van der Waals surface area contributed by atoms with Gasteiger partial charge in [-0.25, -0.2) is 17.2 Å². The van der Waals surface area contributed by atoms with Crippen molar-refractivity contribution in [1.29, 1.82) is 0 Å². The minimum atomic E-state index is -4.01. The summed E-state index contributed by atoms with van der Waals surface area (Å²) >= 11 is 6.17. The van der Waals surface area contributed by atoms with Crippen LogP contribution < -0.4 is 5.32 Å². The number of rotatable bonds is 6. The van der Waals surface area contributed by atoms with Gasteiger partial charge in [-0.3, -0.25) is 4.79 Å². The summed E-state index contributed by atoms with van der Waals surface area (Å²) in [5.41, 5.74) is -1.60. The summed E-state index contributed by atoms with van der Waals surface area (Å²) in [5.74, 6) is -3.96. The van der Waals surface area contributed by atoms with E-state index < -0.39 is 62.3 Å². The van der Waals surface area contributed by atoms with E-state index >= 15 is 0 Å². The second kappa shape index (κ2) is 8.83. The topological polar surface area (TPSA) is 124 Å². The molecule has 7 nitrogen and oxygen atoms in total. The van der Waals surface area contributed by atoms with Crippen LogP contribution in [0.15, 0.2) is 41.3 Å². The highest BCUT2D eigenvalue weighted by Gasteiger charge is 2.63. The molecule has 4 N–H and O–H groups in total. The van der Waals surface area contributed by atoms with Gasteiger partial charge in [-0.15, -0.1) is 0 Å². The highest BCUT2D eigenvalue weighted by molar-refractivity contribution is 7.92. The number of sulfone groups is 1. The standard InChI is InChI=1S/C23H24ClF2NO6S/c1-11(28)21(29)23(31)13-7-14(23)9-16(8-13)34(32,33)20-6-12(2-4-17(20)24)22(30)27-15-3-5-18(25)19(26)10-15/h2-6,10-11,13-14,16,21,28-29,31H,7-9H2,1H3,(H,27,30)/t11-,13?,14?,16-,21+,23-/m0/s1. The summed E-state index contributed by atoms with van der Waals surface area (Å²) in [4.78, 5) is 12.4. The minimum absolute atomic E-state index is 0.00780. The maximum absolute atomic E-state index is 13.4. The molecule has 2 aromatic rings. The third-order valence-corrected chi connectivity index (χ3v) is 9.67. The lowest BCUT2D eigenvalue weighted by atomic mass is 9.51. The van der Waals surface area contributed by atoms with Gasteiger partial charge in [-0.2, -0.15) is 0 Å². The van der Waals surface area contributed by atoms with E-state index in [1.807, 2.05) is 0 Å². The zero-order valence-corrected chi connectivity index (χ0v) is 19.7. The fourth-order valence-electron chi connectivity index (χ4n) is 5.14. The lowest BCUT2D eigenvalue weighted by Gasteiger charge is -2.60. The Morgan fingerprint density at radius 3 is 2.32 bits per heavy atom.